The summed E-state index contributed by atoms with van der Waals surface area (Å²) in [6, 6.07) is 18.0. The number of carbonyl (C=O) groups excluding carboxylic acids is 1. The van der Waals surface area contributed by atoms with Crippen molar-refractivity contribution in [3.8, 4) is 0 Å². The molecule has 3 rings (SSSR count). The van der Waals surface area contributed by atoms with E-state index >= 15 is 0 Å². The number of sulfonamides is 1. The molecular formula is C22H18Cl2N2O3S. The molecule has 154 valence electrons. The van der Waals surface area contributed by atoms with E-state index < -0.39 is 10.0 Å². The lowest BCUT2D eigenvalue weighted by molar-refractivity contribution is -0.111. The summed E-state index contributed by atoms with van der Waals surface area (Å²) in [5.41, 5.74) is 2.33. The molecule has 0 bridgehead atoms. The lowest BCUT2D eigenvalue weighted by atomic mass is 10.2. The summed E-state index contributed by atoms with van der Waals surface area (Å²) in [6.45, 7) is 1.78. The molecule has 8 heteroatoms. The van der Waals surface area contributed by atoms with Crippen LogP contribution < -0.4 is 10.0 Å². The van der Waals surface area contributed by atoms with Crippen LogP contribution in [0.15, 0.2) is 77.7 Å². The second-order valence-electron chi connectivity index (χ2n) is 6.43. The summed E-state index contributed by atoms with van der Waals surface area (Å²) in [5.74, 6) is -0.363. The van der Waals surface area contributed by atoms with Gasteiger partial charge in [0, 0.05) is 21.8 Å². The van der Waals surface area contributed by atoms with E-state index in [1.165, 1.54) is 30.3 Å². The van der Waals surface area contributed by atoms with E-state index in [1.54, 1.807) is 49.4 Å². The smallest absolute Gasteiger partial charge is 0.261 e. The van der Waals surface area contributed by atoms with Crippen LogP contribution in [0.1, 0.15) is 11.1 Å². The van der Waals surface area contributed by atoms with Gasteiger partial charge in [0.1, 0.15) is 0 Å². The Morgan fingerprint density at radius 1 is 0.967 bits per heavy atom. The minimum atomic E-state index is -3.80. The van der Waals surface area contributed by atoms with E-state index in [2.05, 4.69) is 10.0 Å². The molecule has 0 saturated heterocycles. The number of aryl methyl sites for hydroxylation is 1. The summed E-state index contributed by atoms with van der Waals surface area (Å²) < 4.78 is 27.8. The summed E-state index contributed by atoms with van der Waals surface area (Å²) in [7, 11) is -3.80. The van der Waals surface area contributed by atoms with Crippen molar-refractivity contribution < 1.29 is 13.2 Å². The predicted molar refractivity (Wildman–Crippen MR) is 123 cm³/mol. The minimum absolute atomic E-state index is 0.0616. The summed E-state index contributed by atoms with van der Waals surface area (Å²) in [4.78, 5) is 12.2. The number of nitrogens with one attached hydrogen (secondary N) is 2. The van der Waals surface area contributed by atoms with Gasteiger partial charge in [-0.1, -0.05) is 47.5 Å². The quantitative estimate of drug-likeness (QED) is 0.459. The van der Waals surface area contributed by atoms with E-state index in [-0.39, 0.29) is 10.8 Å². The van der Waals surface area contributed by atoms with Gasteiger partial charge in [-0.2, -0.15) is 0 Å². The Morgan fingerprint density at radius 3 is 2.37 bits per heavy atom. The zero-order valence-electron chi connectivity index (χ0n) is 15.9. The number of hydrogen-bond acceptors (Lipinski definition) is 3. The number of amides is 1. The third kappa shape index (κ3) is 5.63. The van der Waals surface area contributed by atoms with E-state index in [4.69, 9.17) is 23.2 Å². The Hall–Kier alpha value is -2.80. The Kier molecular flexibility index (Phi) is 6.82. The second kappa shape index (κ2) is 9.34. The number of hydrogen-bond donors (Lipinski definition) is 2. The van der Waals surface area contributed by atoms with Crippen LogP contribution in [-0.2, 0) is 14.8 Å². The SMILES string of the molecule is Cc1ccc(Cl)cc1NS(=O)(=O)c1ccc(NC(=O)/C=C/c2ccccc2Cl)cc1. The maximum absolute atomic E-state index is 12.6. The molecule has 0 spiro atoms. The third-order valence-electron chi connectivity index (χ3n) is 4.20. The molecule has 0 aliphatic carbocycles. The first kappa shape index (κ1) is 21.9. The van der Waals surface area contributed by atoms with Gasteiger partial charge in [-0.25, -0.2) is 8.42 Å². The molecule has 30 heavy (non-hydrogen) atoms. The van der Waals surface area contributed by atoms with Gasteiger partial charge in [0.05, 0.1) is 10.6 Å². The maximum atomic E-state index is 12.6. The van der Waals surface area contributed by atoms with Gasteiger partial charge in [-0.15, -0.1) is 0 Å². The van der Waals surface area contributed by atoms with Crippen molar-refractivity contribution in [2.45, 2.75) is 11.8 Å². The normalized spacial score (nSPS) is 11.4. The highest BCUT2D eigenvalue weighted by molar-refractivity contribution is 7.92. The number of rotatable bonds is 6. The topological polar surface area (TPSA) is 75.3 Å². The summed E-state index contributed by atoms with van der Waals surface area (Å²) in [5, 5.41) is 3.65. The summed E-state index contributed by atoms with van der Waals surface area (Å²) >= 11 is 12.0. The second-order valence-corrected chi connectivity index (χ2v) is 8.96. The zero-order valence-corrected chi connectivity index (χ0v) is 18.2. The molecule has 0 aliphatic heterocycles. The average Bonchev–Trinajstić information content (AvgIpc) is 2.70. The highest BCUT2D eigenvalue weighted by Gasteiger charge is 2.15. The molecule has 0 unspecified atom stereocenters. The van der Waals surface area contributed by atoms with Crippen molar-refractivity contribution >= 4 is 56.6 Å². The van der Waals surface area contributed by atoms with E-state index in [0.29, 0.717) is 21.4 Å². The predicted octanol–water partition coefficient (Wildman–Crippen LogP) is 5.75. The first-order valence-corrected chi connectivity index (χ1v) is 11.1. The molecule has 0 saturated carbocycles. The van der Waals surface area contributed by atoms with Gasteiger partial charge >= 0.3 is 0 Å². The molecule has 1 amide bonds. The van der Waals surface area contributed by atoms with Gasteiger partial charge in [0.25, 0.3) is 10.0 Å². The minimum Gasteiger partial charge on any atom is -0.323 e. The molecule has 5 nitrogen and oxygen atoms in total. The largest absolute Gasteiger partial charge is 0.323 e. The van der Waals surface area contributed by atoms with Crippen molar-refractivity contribution in [1.29, 1.82) is 0 Å². The molecule has 2 N–H and O–H groups in total. The number of benzene rings is 3. The Balaban J connectivity index is 1.69. The molecule has 0 aromatic heterocycles. The van der Waals surface area contributed by atoms with E-state index in [1.807, 2.05) is 6.07 Å². The van der Waals surface area contributed by atoms with Gasteiger partial charge < -0.3 is 5.32 Å². The fraction of sp³-hybridized carbons (Fsp3) is 0.0455. The number of halogens is 2. The van der Waals surface area contributed by atoms with Crippen molar-refractivity contribution in [3.63, 3.8) is 0 Å². The van der Waals surface area contributed by atoms with Crippen LogP contribution in [0.3, 0.4) is 0 Å². The lowest BCUT2D eigenvalue weighted by Crippen LogP contribution is -2.14. The molecule has 3 aromatic rings. The molecule has 0 aliphatic rings. The van der Waals surface area contributed by atoms with Gasteiger partial charge in [0.15, 0.2) is 0 Å². The molecule has 0 heterocycles. The zero-order chi connectivity index (χ0) is 21.7. The van der Waals surface area contributed by atoms with Crippen LogP contribution in [0.5, 0.6) is 0 Å². The monoisotopic (exact) mass is 460 g/mol. The van der Waals surface area contributed by atoms with Crippen LogP contribution in [0.2, 0.25) is 10.0 Å². The maximum Gasteiger partial charge on any atom is 0.261 e. The van der Waals surface area contributed by atoms with Crippen molar-refractivity contribution in [2.75, 3.05) is 10.0 Å². The first-order valence-electron chi connectivity index (χ1n) is 8.87. The highest BCUT2D eigenvalue weighted by Crippen LogP contribution is 2.24. The van der Waals surface area contributed by atoms with Crippen molar-refractivity contribution in [2.24, 2.45) is 0 Å². The Morgan fingerprint density at radius 2 is 1.67 bits per heavy atom. The fourth-order valence-electron chi connectivity index (χ4n) is 2.58. The standard InChI is InChI=1S/C22H18Cl2N2O3S/c1-15-6-8-17(23)14-21(15)26-30(28,29)19-11-9-18(10-12-19)25-22(27)13-7-16-4-2-3-5-20(16)24/h2-14,26H,1H3,(H,25,27)/b13-7+. The van der Waals surface area contributed by atoms with Gasteiger partial charge in [0.2, 0.25) is 5.91 Å². The van der Waals surface area contributed by atoms with Crippen LogP contribution in [-0.4, -0.2) is 14.3 Å². The molecule has 0 radical (unpaired) electrons. The van der Waals surface area contributed by atoms with Gasteiger partial charge in [-0.05, 0) is 66.6 Å². The van der Waals surface area contributed by atoms with Crippen molar-refractivity contribution in [3.05, 3.63) is 94.0 Å². The Labute approximate surface area is 185 Å². The molecular weight excluding hydrogens is 443 g/mol. The van der Waals surface area contributed by atoms with Gasteiger partial charge in [-0.3, -0.25) is 9.52 Å². The Bertz CT molecular complexity index is 1210. The average molecular weight is 461 g/mol. The van der Waals surface area contributed by atoms with E-state index in [9.17, 15) is 13.2 Å². The van der Waals surface area contributed by atoms with Crippen LogP contribution in [0, 0.1) is 6.92 Å². The molecule has 3 aromatic carbocycles. The summed E-state index contributed by atoms with van der Waals surface area (Å²) in [6.07, 6.45) is 2.96. The number of anilines is 2. The first-order chi connectivity index (χ1) is 14.2. The number of carbonyl (C=O) groups is 1. The van der Waals surface area contributed by atoms with Crippen LogP contribution >= 0.6 is 23.2 Å². The fourth-order valence-corrected chi connectivity index (χ4v) is 4.08. The molecule has 0 atom stereocenters. The van der Waals surface area contributed by atoms with E-state index in [0.717, 1.165) is 11.1 Å². The molecule has 0 fully saturated rings. The third-order valence-corrected chi connectivity index (χ3v) is 6.16. The van der Waals surface area contributed by atoms with Crippen LogP contribution in [0.25, 0.3) is 6.08 Å². The lowest BCUT2D eigenvalue weighted by Gasteiger charge is -2.11. The van der Waals surface area contributed by atoms with Crippen molar-refractivity contribution in [1.82, 2.24) is 0 Å². The highest BCUT2D eigenvalue weighted by atomic mass is 35.5. The van der Waals surface area contributed by atoms with Crippen LogP contribution in [0.4, 0.5) is 11.4 Å².